The Labute approximate surface area is 110 Å². The number of aromatic nitrogens is 3. The molecule has 18 heavy (non-hydrogen) atoms. The summed E-state index contributed by atoms with van der Waals surface area (Å²) in [5, 5.41) is 8.03. The number of aromatic amines is 1. The van der Waals surface area contributed by atoms with Gasteiger partial charge in [-0.3, -0.25) is 5.10 Å². The summed E-state index contributed by atoms with van der Waals surface area (Å²) in [6, 6.07) is 7.56. The molecule has 0 amide bonds. The zero-order valence-corrected chi connectivity index (χ0v) is 10.7. The highest BCUT2D eigenvalue weighted by Gasteiger charge is 2.19. The number of nitrogens with zero attached hydrogens (tertiary/aromatic N) is 2. The molecule has 0 unspecified atom stereocenters. The molecule has 1 aliphatic heterocycles. The summed E-state index contributed by atoms with van der Waals surface area (Å²) < 4.78 is 5.35. The van der Waals surface area contributed by atoms with E-state index in [1.54, 1.807) is 0 Å². The lowest BCUT2D eigenvalue weighted by atomic mass is 10.00. The molecule has 1 aliphatic rings. The van der Waals surface area contributed by atoms with E-state index < -0.39 is 0 Å². The molecule has 0 saturated carbocycles. The molecule has 5 heteroatoms. The van der Waals surface area contributed by atoms with E-state index in [0.717, 1.165) is 48.3 Å². The van der Waals surface area contributed by atoms with E-state index >= 15 is 0 Å². The van der Waals surface area contributed by atoms with Crippen molar-refractivity contribution in [3.63, 3.8) is 0 Å². The maximum Gasteiger partial charge on any atom is 0.181 e. The summed E-state index contributed by atoms with van der Waals surface area (Å²) in [5.74, 6) is 2.13. The fourth-order valence-corrected chi connectivity index (χ4v) is 2.28. The molecule has 0 bridgehead atoms. The molecule has 1 saturated heterocycles. The van der Waals surface area contributed by atoms with Crippen molar-refractivity contribution in [2.75, 3.05) is 13.2 Å². The third-order valence-corrected chi connectivity index (χ3v) is 3.47. The normalized spacial score (nSPS) is 16.9. The average molecular weight is 264 g/mol. The van der Waals surface area contributed by atoms with Crippen molar-refractivity contribution in [1.29, 1.82) is 0 Å². The summed E-state index contributed by atoms with van der Waals surface area (Å²) >= 11 is 5.86. The quantitative estimate of drug-likeness (QED) is 0.906. The Morgan fingerprint density at radius 1 is 1.17 bits per heavy atom. The van der Waals surface area contributed by atoms with Crippen LogP contribution in [-0.2, 0) is 4.74 Å². The van der Waals surface area contributed by atoms with Gasteiger partial charge in [-0.2, -0.15) is 5.10 Å². The van der Waals surface area contributed by atoms with Crippen LogP contribution in [0.1, 0.15) is 24.6 Å². The predicted molar refractivity (Wildman–Crippen MR) is 69.6 cm³/mol. The lowest BCUT2D eigenvalue weighted by molar-refractivity contribution is 0.0836. The van der Waals surface area contributed by atoms with Crippen LogP contribution >= 0.6 is 11.6 Å². The van der Waals surface area contributed by atoms with Crippen LogP contribution in [0.25, 0.3) is 11.4 Å². The Kier molecular flexibility index (Phi) is 3.30. The SMILES string of the molecule is Clc1ccc(-c2n[nH]c(C3CCOCC3)n2)cc1. The molecule has 0 spiro atoms. The Balaban J connectivity index is 1.82. The summed E-state index contributed by atoms with van der Waals surface area (Å²) in [7, 11) is 0. The summed E-state index contributed by atoms with van der Waals surface area (Å²) in [6.07, 6.45) is 2.02. The van der Waals surface area contributed by atoms with Crippen molar-refractivity contribution in [2.24, 2.45) is 0 Å². The predicted octanol–water partition coefficient (Wildman–Crippen LogP) is 3.02. The Morgan fingerprint density at radius 2 is 1.89 bits per heavy atom. The van der Waals surface area contributed by atoms with Crippen LogP contribution < -0.4 is 0 Å². The van der Waals surface area contributed by atoms with E-state index in [1.165, 1.54) is 0 Å². The number of hydrogen-bond acceptors (Lipinski definition) is 3. The van der Waals surface area contributed by atoms with Gasteiger partial charge < -0.3 is 4.74 Å². The summed E-state index contributed by atoms with van der Waals surface area (Å²) in [6.45, 7) is 1.61. The zero-order chi connectivity index (χ0) is 12.4. The first-order valence-corrected chi connectivity index (χ1v) is 6.47. The molecule has 0 radical (unpaired) electrons. The van der Waals surface area contributed by atoms with Gasteiger partial charge in [-0.1, -0.05) is 11.6 Å². The maximum absolute atomic E-state index is 5.86. The van der Waals surface area contributed by atoms with Crippen molar-refractivity contribution in [3.05, 3.63) is 35.1 Å². The van der Waals surface area contributed by atoms with Crippen LogP contribution in [0, 0.1) is 0 Å². The summed E-state index contributed by atoms with van der Waals surface area (Å²) in [5.41, 5.74) is 0.981. The summed E-state index contributed by atoms with van der Waals surface area (Å²) in [4.78, 5) is 4.57. The van der Waals surface area contributed by atoms with E-state index in [1.807, 2.05) is 24.3 Å². The first-order chi connectivity index (χ1) is 8.83. The Bertz CT molecular complexity index is 517. The molecule has 3 rings (SSSR count). The second kappa shape index (κ2) is 5.08. The van der Waals surface area contributed by atoms with Crippen molar-refractivity contribution >= 4 is 11.6 Å². The smallest absolute Gasteiger partial charge is 0.181 e. The first-order valence-electron chi connectivity index (χ1n) is 6.09. The van der Waals surface area contributed by atoms with Crippen LogP contribution in [-0.4, -0.2) is 28.4 Å². The molecule has 1 fully saturated rings. The topological polar surface area (TPSA) is 50.8 Å². The van der Waals surface area contributed by atoms with Crippen molar-refractivity contribution in [3.8, 4) is 11.4 Å². The Hall–Kier alpha value is -1.39. The molecular formula is C13H14ClN3O. The number of ether oxygens (including phenoxy) is 1. The molecule has 0 atom stereocenters. The number of H-pyrrole nitrogens is 1. The van der Waals surface area contributed by atoms with Gasteiger partial charge >= 0.3 is 0 Å². The number of hydrogen-bond donors (Lipinski definition) is 1. The number of halogens is 1. The number of nitrogens with one attached hydrogen (secondary N) is 1. The molecular weight excluding hydrogens is 250 g/mol. The average Bonchev–Trinajstić information content (AvgIpc) is 2.90. The number of rotatable bonds is 2. The molecule has 1 aromatic heterocycles. The van der Waals surface area contributed by atoms with E-state index in [4.69, 9.17) is 16.3 Å². The highest BCUT2D eigenvalue weighted by molar-refractivity contribution is 6.30. The van der Waals surface area contributed by atoms with Crippen LogP contribution in [0.2, 0.25) is 5.02 Å². The van der Waals surface area contributed by atoms with Crippen molar-refractivity contribution in [1.82, 2.24) is 15.2 Å². The van der Waals surface area contributed by atoms with E-state index in [0.29, 0.717) is 5.92 Å². The number of benzene rings is 1. The lowest BCUT2D eigenvalue weighted by Gasteiger charge is -2.19. The zero-order valence-electron chi connectivity index (χ0n) is 9.90. The second-order valence-corrected chi connectivity index (χ2v) is 4.87. The molecule has 4 nitrogen and oxygen atoms in total. The monoisotopic (exact) mass is 263 g/mol. The van der Waals surface area contributed by atoms with Gasteiger partial charge in [-0.15, -0.1) is 0 Å². The first kappa shape index (κ1) is 11.7. The highest BCUT2D eigenvalue weighted by Crippen LogP contribution is 2.26. The van der Waals surface area contributed by atoms with Crippen LogP contribution in [0.5, 0.6) is 0 Å². The van der Waals surface area contributed by atoms with E-state index in [-0.39, 0.29) is 0 Å². The second-order valence-electron chi connectivity index (χ2n) is 4.44. The third-order valence-electron chi connectivity index (χ3n) is 3.21. The van der Waals surface area contributed by atoms with Crippen molar-refractivity contribution < 1.29 is 4.74 Å². The van der Waals surface area contributed by atoms with Crippen molar-refractivity contribution in [2.45, 2.75) is 18.8 Å². The van der Waals surface area contributed by atoms with Gasteiger partial charge in [0.2, 0.25) is 0 Å². The highest BCUT2D eigenvalue weighted by atomic mass is 35.5. The fourth-order valence-electron chi connectivity index (χ4n) is 2.16. The third kappa shape index (κ3) is 2.40. The maximum atomic E-state index is 5.86. The molecule has 1 aromatic carbocycles. The largest absolute Gasteiger partial charge is 0.381 e. The minimum Gasteiger partial charge on any atom is -0.381 e. The van der Waals surface area contributed by atoms with Crippen LogP contribution in [0.15, 0.2) is 24.3 Å². The molecule has 1 N–H and O–H groups in total. The van der Waals surface area contributed by atoms with Gasteiger partial charge in [0, 0.05) is 29.7 Å². The fraction of sp³-hybridized carbons (Fsp3) is 0.385. The van der Waals surface area contributed by atoms with Crippen LogP contribution in [0.3, 0.4) is 0 Å². The molecule has 2 heterocycles. The van der Waals surface area contributed by atoms with Gasteiger partial charge in [0.15, 0.2) is 5.82 Å². The van der Waals surface area contributed by atoms with Crippen LogP contribution in [0.4, 0.5) is 0 Å². The lowest BCUT2D eigenvalue weighted by Crippen LogP contribution is -2.15. The Morgan fingerprint density at radius 3 is 2.61 bits per heavy atom. The van der Waals surface area contributed by atoms with E-state index in [9.17, 15) is 0 Å². The molecule has 2 aromatic rings. The van der Waals surface area contributed by atoms with Gasteiger partial charge in [-0.05, 0) is 37.1 Å². The van der Waals surface area contributed by atoms with E-state index in [2.05, 4.69) is 15.2 Å². The van der Waals surface area contributed by atoms with Gasteiger partial charge in [0.05, 0.1) is 0 Å². The molecule has 0 aliphatic carbocycles. The molecule has 94 valence electrons. The van der Waals surface area contributed by atoms with Gasteiger partial charge in [-0.25, -0.2) is 4.98 Å². The standard InChI is InChI=1S/C13H14ClN3O/c14-11-3-1-9(2-4-11)12-15-13(17-16-12)10-5-7-18-8-6-10/h1-4,10H,5-8H2,(H,15,16,17). The van der Waals surface area contributed by atoms with Gasteiger partial charge in [0.25, 0.3) is 0 Å². The minimum atomic E-state index is 0.437. The van der Waals surface area contributed by atoms with Gasteiger partial charge in [0.1, 0.15) is 5.82 Å². The minimum absolute atomic E-state index is 0.437.